The van der Waals surface area contributed by atoms with Crippen molar-refractivity contribution in [3.63, 3.8) is 0 Å². The van der Waals surface area contributed by atoms with Gasteiger partial charge in [0.2, 0.25) is 0 Å². The molecule has 2 aromatic rings. The number of nitrogens with zero attached hydrogens (tertiary/aromatic N) is 3. The van der Waals surface area contributed by atoms with Gasteiger partial charge >= 0.3 is 6.03 Å². The van der Waals surface area contributed by atoms with E-state index >= 15 is 0 Å². The molecule has 0 saturated carbocycles. The molecule has 1 fully saturated rings. The highest BCUT2D eigenvalue weighted by Gasteiger charge is 2.42. The van der Waals surface area contributed by atoms with E-state index in [2.05, 4.69) is 41.0 Å². The summed E-state index contributed by atoms with van der Waals surface area (Å²) in [5.74, 6) is 4.01. The van der Waals surface area contributed by atoms with Gasteiger partial charge in [0.15, 0.2) is 23.0 Å². The highest BCUT2D eigenvalue weighted by molar-refractivity contribution is 5.75. The van der Waals surface area contributed by atoms with Crippen molar-refractivity contribution in [2.45, 2.75) is 51.1 Å². The third-order valence-corrected chi connectivity index (χ3v) is 9.87. The Morgan fingerprint density at radius 1 is 0.881 bits per heavy atom. The Hall–Kier alpha value is -3.17. The van der Waals surface area contributed by atoms with Gasteiger partial charge in [0, 0.05) is 45.8 Å². The molecule has 4 unspecified atom stereocenters. The monoisotopic (exact) mass is 580 g/mol. The van der Waals surface area contributed by atoms with Crippen LogP contribution in [0, 0.1) is 11.8 Å². The predicted octanol–water partition coefficient (Wildman–Crippen LogP) is 4.67. The number of hydrogen-bond acceptors (Lipinski definition) is 7. The minimum atomic E-state index is -0.0552. The topological polar surface area (TPSA) is 89.7 Å². The van der Waals surface area contributed by atoms with E-state index in [1.54, 1.807) is 33.3 Å². The van der Waals surface area contributed by atoms with Gasteiger partial charge in [0.1, 0.15) is 0 Å². The first-order valence-electron chi connectivity index (χ1n) is 15.3. The zero-order valence-electron chi connectivity index (χ0n) is 26.2. The lowest BCUT2D eigenvalue weighted by Crippen LogP contribution is -2.50. The summed E-state index contributed by atoms with van der Waals surface area (Å²) in [4.78, 5) is 20.3. The van der Waals surface area contributed by atoms with Gasteiger partial charge < -0.3 is 34.5 Å². The van der Waals surface area contributed by atoms with E-state index in [4.69, 9.17) is 24.7 Å². The van der Waals surface area contributed by atoms with Crippen LogP contribution in [0.15, 0.2) is 24.3 Å². The first-order valence-corrected chi connectivity index (χ1v) is 15.3. The maximum Gasteiger partial charge on any atom is 0.320 e. The number of carbonyl (C=O) groups excluding carboxylic acids is 1. The number of rotatable bonds is 9. The lowest BCUT2D eigenvalue weighted by Gasteiger charge is -2.49. The molecule has 9 heteroatoms. The van der Waals surface area contributed by atoms with Crippen molar-refractivity contribution in [2.75, 3.05) is 68.2 Å². The fourth-order valence-corrected chi connectivity index (χ4v) is 7.56. The van der Waals surface area contributed by atoms with Gasteiger partial charge in [-0.2, -0.15) is 0 Å². The molecular formula is C33H48N4O5. The minimum Gasteiger partial charge on any atom is -0.493 e. The third kappa shape index (κ3) is 5.61. The Morgan fingerprint density at radius 2 is 1.45 bits per heavy atom. The fraction of sp³-hybridized carbons (Fsp3) is 0.606. The molecule has 0 aliphatic carbocycles. The second kappa shape index (κ2) is 13.0. The lowest BCUT2D eigenvalue weighted by atomic mass is 9.72. The summed E-state index contributed by atoms with van der Waals surface area (Å²) < 4.78 is 22.7. The Bertz CT molecular complexity index is 1270. The number of fused-ring (bicyclic) bond motifs is 4. The van der Waals surface area contributed by atoms with Crippen molar-refractivity contribution in [1.29, 1.82) is 0 Å². The quantitative estimate of drug-likeness (QED) is 0.461. The van der Waals surface area contributed by atoms with Crippen molar-refractivity contribution < 1.29 is 23.7 Å². The largest absolute Gasteiger partial charge is 0.493 e. The van der Waals surface area contributed by atoms with Gasteiger partial charge in [-0.3, -0.25) is 4.90 Å². The molecule has 3 aliphatic heterocycles. The van der Waals surface area contributed by atoms with E-state index in [0.717, 1.165) is 62.4 Å². The van der Waals surface area contributed by atoms with Crippen LogP contribution in [0.25, 0.3) is 0 Å². The summed E-state index contributed by atoms with van der Waals surface area (Å²) in [7, 11) is 8.61. The summed E-state index contributed by atoms with van der Waals surface area (Å²) >= 11 is 0. The smallest absolute Gasteiger partial charge is 0.320 e. The number of benzene rings is 2. The van der Waals surface area contributed by atoms with Gasteiger partial charge in [-0.25, -0.2) is 4.79 Å². The van der Waals surface area contributed by atoms with Crippen LogP contribution in [-0.2, 0) is 12.8 Å². The van der Waals surface area contributed by atoms with E-state index in [-0.39, 0.29) is 12.1 Å². The number of likely N-dealkylation sites (N-methyl/N-ethyl adjacent to an activating group) is 1. The molecule has 0 bridgehead atoms. The van der Waals surface area contributed by atoms with E-state index < -0.39 is 0 Å². The molecule has 3 aliphatic rings. The van der Waals surface area contributed by atoms with Crippen molar-refractivity contribution in [3.05, 3.63) is 46.5 Å². The molecule has 3 heterocycles. The summed E-state index contributed by atoms with van der Waals surface area (Å²) in [5, 5.41) is 0. The third-order valence-electron chi connectivity index (χ3n) is 9.87. The number of amides is 2. The molecule has 2 amide bonds. The molecule has 230 valence electrons. The molecule has 2 aromatic carbocycles. The number of carbonyl (C=O) groups is 1. The molecule has 2 N–H and O–H groups in total. The van der Waals surface area contributed by atoms with Crippen LogP contribution in [-0.4, -0.2) is 88.9 Å². The number of ether oxygens (including phenoxy) is 4. The average Bonchev–Trinajstić information content (AvgIpc) is 3.02. The zero-order valence-corrected chi connectivity index (χ0v) is 26.2. The van der Waals surface area contributed by atoms with Crippen LogP contribution in [0.5, 0.6) is 23.0 Å². The molecule has 4 atom stereocenters. The van der Waals surface area contributed by atoms with Gasteiger partial charge in [0.25, 0.3) is 0 Å². The van der Waals surface area contributed by atoms with Crippen LogP contribution in [0.2, 0.25) is 0 Å². The first kappa shape index (κ1) is 30.3. The molecule has 0 spiro atoms. The Labute approximate surface area is 250 Å². The normalized spacial score (nSPS) is 23.4. The summed E-state index contributed by atoms with van der Waals surface area (Å²) in [6.07, 6.45) is 4.85. The summed E-state index contributed by atoms with van der Waals surface area (Å²) in [5.41, 5.74) is 10.9. The number of methoxy groups -OCH3 is 4. The van der Waals surface area contributed by atoms with E-state index in [0.29, 0.717) is 43.3 Å². The second-order valence-corrected chi connectivity index (χ2v) is 11.9. The molecular weight excluding hydrogens is 532 g/mol. The van der Waals surface area contributed by atoms with Crippen LogP contribution in [0.1, 0.15) is 60.5 Å². The van der Waals surface area contributed by atoms with Crippen LogP contribution in [0.4, 0.5) is 4.79 Å². The van der Waals surface area contributed by atoms with Crippen molar-refractivity contribution >= 4 is 6.03 Å². The Morgan fingerprint density at radius 3 is 2.05 bits per heavy atom. The van der Waals surface area contributed by atoms with E-state index in [9.17, 15) is 4.79 Å². The van der Waals surface area contributed by atoms with Crippen molar-refractivity contribution in [1.82, 2.24) is 14.7 Å². The molecule has 1 saturated heterocycles. The van der Waals surface area contributed by atoms with Crippen LogP contribution >= 0.6 is 0 Å². The standard InChI is InChI=1S/C33H48N4O5/c1-7-21-20-36-11-8-22-16-29(39-3)31(41-5)18-25(22)27(36)14-24(21)15-28-26-19-32(42-6)30(40-4)17-23(26)9-12-37(28)33(38)35(2)13-10-34/h16-19,21,24,27-28H,7-15,20,34H2,1-6H3. The highest BCUT2D eigenvalue weighted by Crippen LogP contribution is 2.49. The van der Waals surface area contributed by atoms with E-state index in [1.807, 2.05) is 7.05 Å². The first-order chi connectivity index (χ1) is 20.4. The maximum atomic E-state index is 13.8. The van der Waals surface area contributed by atoms with Gasteiger partial charge in [-0.15, -0.1) is 0 Å². The van der Waals surface area contributed by atoms with Gasteiger partial charge in [-0.1, -0.05) is 13.3 Å². The second-order valence-electron chi connectivity index (χ2n) is 11.9. The number of hydrogen-bond donors (Lipinski definition) is 1. The van der Waals surface area contributed by atoms with E-state index in [1.165, 1.54) is 22.3 Å². The SMILES string of the molecule is CCC1CN2CCc3cc(OC)c(OC)cc3C2CC1CC1c2cc(OC)c(OC)cc2CCN1C(=O)N(C)CCN. The Balaban J connectivity index is 1.51. The van der Waals surface area contributed by atoms with Gasteiger partial charge in [-0.05, 0) is 84.0 Å². The van der Waals surface area contributed by atoms with Crippen LogP contribution in [0.3, 0.4) is 0 Å². The number of nitrogens with two attached hydrogens (primary N) is 1. The molecule has 0 radical (unpaired) electrons. The zero-order chi connectivity index (χ0) is 30.0. The van der Waals surface area contributed by atoms with Crippen molar-refractivity contribution in [2.24, 2.45) is 17.6 Å². The molecule has 42 heavy (non-hydrogen) atoms. The summed E-state index contributed by atoms with van der Waals surface area (Å²) in [6, 6.07) is 8.86. The molecule has 0 aromatic heterocycles. The lowest BCUT2D eigenvalue weighted by molar-refractivity contribution is 0.0333. The maximum absolute atomic E-state index is 13.8. The van der Waals surface area contributed by atoms with Gasteiger partial charge in [0.05, 0.1) is 34.5 Å². The fourth-order valence-electron chi connectivity index (χ4n) is 7.56. The summed E-state index contributed by atoms with van der Waals surface area (Å²) in [6.45, 7) is 6.06. The Kier molecular flexibility index (Phi) is 9.38. The average molecular weight is 581 g/mol. The van der Waals surface area contributed by atoms with Crippen LogP contribution < -0.4 is 24.7 Å². The highest BCUT2D eigenvalue weighted by atomic mass is 16.5. The molecule has 5 rings (SSSR count). The predicted molar refractivity (Wildman–Crippen MR) is 164 cm³/mol. The molecule has 9 nitrogen and oxygen atoms in total. The minimum absolute atomic E-state index is 0.0382. The number of piperidine rings is 1. The van der Waals surface area contributed by atoms with Crippen molar-refractivity contribution in [3.8, 4) is 23.0 Å². The number of urea groups is 1.